The highest BCUT2D eigenvalue weighted by molar-refractivity contribution is 7.71. The Morgan fingerprint density at radius 1 is 0.778 bits per heavy atom. The van der Waals surface area contributed by atoms with Crippen LogP contribution in [0.3, 0.4) is 0 Å². The lowest BCUT2D eigenvalue weighted by atomic mass is 10.1. The molecule has 0 spiro atoms. The smallest absolute Gasteiger partial charge is 0.173 e. The Labute approximate surface area is 214 Å². The minimum absolute atomic E-state index is 0.239. The lowest BCUT2D eigenvalue weighted by molar-refractivity contribution is 0.571. The molecule has 0 saturated carbocycles. The quantitative estimate of drug-likeness (QED) is 0.224. The Bertz CT molecular complexity index is 1610. The van der Waals surface area contributed by atoms with Crippen LogP contribution in [0.1, 0.15) is 38.8 Å². The van der Waals surface area contributed by atoms with Gasteiger partial charge in [-0.25, -0.2) is 4.74 Å². The van der Waals surface area contributed by atoms with E-state index in [1.807, 2.05) is 30.3 Å². The highest BCUT2D eigenvalue weighted by Crippen LogP contribution is 2.62. The summed E-state index contributed by atoms with van der Waals surface area (Å²) in [5.41, 5.74) is 5.92. The van der Waals surface area contributed by atoms with E-state index >= 15 is 0 Å². The molecule has 184 valence electrons. The lowest BCUT2D eigenvalue weighted by Crippen LogP contribution is -2.27. The molecule has 0 radical (unpaired) electrons. The van der Waals surface area contributed by atoms with Gasteiger partial charge in [-0.1, -0.05) is 74.9 Å². The van der Waals surface area contributed by atoms with Gasteiger partial charge in [-0.3, -0.25) is 0 Å². The first kappa shape index (κ1) is 24.4. The first-order valence-electron chi connectivity index (χ1n) is 12.7. The van der Waals surface area contributed by atoms with Crippen LogP contribution in [0.5, 0.6) is 5.75 Å². The van der Waals surface area contributed by atoms with Crippen LogP contribution in [0.2, 0.25) is 0 Å². The summed E-state index contributed by atoms with van der Waals surface area (Å²) in [6.07, 6.45) is 0. The number of rotatable bonds is 5. The van der Waals surface area contributed by atoms with Crippen LogP contribution in [0, 0.1) is 13.8 Å². The summed E-state index contributed by atoms with van der Waals surface area (Å²) in [6, 6.07) is 32.2. The van der Waals surface area contributed by atoms with Crippen LogP contribution in [0.25, 0.3) is 21.8 Å². The van der Waals surface area contributed by atoms with Crippen LogP contribution >= 0.6 is 7.28 Å². The second kappa shape index (κ2) is 9.30. The predicted octanol–water partition coefficient (Wildman–Crippen LogP) is 9.38. The van der Waals surface area contributed by atoms with Crippen molar-refractivity contribution in [3.63, 3.8) is 0 Å². The summed E-state index contributed by atoms with van der Waals surface area (Å²) in [7, 11) is -2.58. The van der Waals surface area contributed by atoms with E-state index in [4.69, 9.17) is 9.27 Å². The number of hydrogen-bond donors (Lipinski definition) is 0. The molecule has 4 heteroatoms. The van der Waals surface area contributed by atoms with Gasteiger partial charge < -0.3 is 9.09 Å². The molecule has 1 heterocycles. The highest BCUT2D eigenvalue weighted by atomic mass is 31.2. The van der Waals surface area contributed by atoms with Gasteiger partial charge in [-0.05, 0) is 68.8 Å². The van der Waals surface area contributed by atoms with E-state index in [0.29, 0.717) is 0 Å². The predicted molar refractivity (Wildman–Crippen MR) is 156 cm³/mol. The second-order valence-corrected chi connectivity index (χ2v) is 13.9. The molecule has 0 amide bonds. The molecular weight excluding hydrogens is 459 g/mol. The van der Waals surface area contributed by atoms with Gasteiger partial charge in [-0.15, -0.1) is 0 Å². The number of nitrogens with zero attached hydrogens (tertiary/aromatic N) is 2. The standard InChI is InChI=1S/C32H35N2OP/c1-7-34-30-16-12-11-15-27(30)28-22-26(18-20-31(28)34)36(32(4,5)6,35-25-13-9-8-10-14-25)33-29-19-17-23(2)21-24(29)3/h8-22H,7H2,1-6H3. The van der Waals surface area contributed by atoms with Crippen molar-refractivity contribution in [2.24, 2.45) is 4.74 Å². The molecule has 0 fully saturated rings. The zero-order chi connectivity index (χ0) is 25.5. The maximum absolute atomic E-state index is 7.07. The van der Waals surface area contributed by atoms with Gasteiger partial charge >= 0.3 is 0 Å². The molecule has 3 nitrogen and oxygen atoms in total. The highest BCUT2D eigenvalue weighted by Gasteiger charge is 2.39. The summed E-state index contributed by atoms with van der Waals surface area (Å²) < 4.78 is 15.0. The van der Waals surface area contributed by atoms with Crippen molar-refractivity contribution >= 4 is 40.1 Å². The van der Waals surface area contributed by atoms with E-state index in [0.717, 1.165) is 23.3 Å². The van der Waals surface area contributed by atoms with Crippen LogP contribution < -0.4 is 9.83 Å². The molecule has 5 rings (SSSR count). The SMILES string of the molecule is CCn1c2ccccc2c2cc(P(=Nc3ccc(C)cc3C)(Oc3ccccc3)C(C)(C)C)ccc21. The maximum atomic E-state index is 7.07. The van der Waals surface area contributed by atoms with Crippen LogP contribution in [-0.2, 0) is 6.54 Å². The van der Waals surface area contributed by atoms with Crippen molar-refractivity contribution in [2.45, 2.75) is 53.2 Å². The zero-order valence-electron chi connectivity index (χ0n) is 22.1. The largest absolute Gasteiger partial charge is 0.455 e. The molecule has 36 heavy (non-hydrogen) atoms. The van der Waals surface area contributed by atoms with Crippen molar-refractivity contribution in [1.82, 2.24) is 4.57 Å². The van der Waals surface area contributed by atoms with Crippen LogP contribution in [0.4, 0.5) is 5.69 Å². The van der Waals surface area contributed by atoms with E-state index < -0.39 is 7.28 Å². The second-order valence-electron chi connectivity index (χ2n) is 10.5. The molecular formula is C32H35N2OP. The number of aryl methyl sites for hydroxylation is 3. The Morgan fingerprint density at radius 3 is 2.17 bits per heavy atom. The van der Waals surface area contributed by atoms with E-state index in [1.54, 1.807) is 0 Å². The fraction of sp³-hybridized carbons (Fsp3) is 0.250. The molecule has 0 bridgehead atoms. The van der Waals surface area contributed by atoms with Crippen molar-refractivity contribution in [3.8, 4) is 5.75 Å². The van der Waals surface area contributed by atoms with Gasteiger partial charge in [-0.2, -0.15) is 0 Å². The van der Waals surface area contributed by atoms with E-state index in [2.05, 4.69) is 107 Å². The Balaban J connectivity index is 1.86. The monoisotopic (exact) mass is 494 g/mol. The van der Waals surface area contributed by atoms with Crippen LogP contribution in [0.15, 0.2) is 95.7 Å². The van der Waals surface area contributed by atoms with E-state index in [1.165, 1.54) is 32.9 Å². The summed E-state index contributed by atoms with van der Waals surface area (Å²) in [5, 5.41) is 3.45. The number of fused-ring (bicyclic) bond motifs is 3. The summed E-state index contributed by atoms with van der Waals surface area (Å²) in [5.74, 6) is 0.852. The maximum Gasteiger partial charge on any atom is 0.173 e. The minimum Gasteiger partial charge on any atom is -0.455 e. The molecule has 0 aliphatic heterocycles. The summed E-state index contributed by atoms with van der Waals surface area (Å²) in [6.45, 7) is 14.2. The van der Waals surface area contributed by atoms with Gasteiger partial charge in [0.1, 0.15) is 5.75 Å². The van der Waals surface area contributed by atoms with Gasteiger partial charge in [0.2, 0.25) is 0 Å². The Kier molecular flexibility index (Phi) is 6.30. The third-order valence-corrected chi connectivity index (χ3v) is 10.7. The Hall–Kier alpha value is -3.29. The van der Waals surface area contributed by atoms with Crippen molar-refractivity contribution in [3.05, 3.63) is 102 Å². The summed E-state index contributed by atoms with van der Waals surface area (Å²) >= 11 is 0. The Morgan fingerprint density at radius 2 is 1.47 bits per heavy atom. The van der Waals surface area contributed by atoms with Crippen molar-refractivity contribution in [1.29, 1.82) is 0 Å². The topological polar surface area (TPSA) is 26.5 Å². The molecule has 5 aromatic rings. The molecule has 4 aromatic carbocycles. The normalized spacial score (nSPS) is 13.6. The first-order chi connectivity index (χ1) is 17.2. The fourth-order valence-corrected chi connectivity index (χ4v) is 8.22. The van der Waals surface area contributed by atoms with Gasteiger partial charge in [0.15, 0.2) is 7.28 Å². The molecule has 0 saturated heterocycles. The van der Waals surface area contributed by atoms with E-state index in [-0.39, 0.29) is 5.16 Å². The first-order valence-corrected chi connectivity index (χ1v) is 14.4. The summed E-state index contributed by atoms with van der Waals surface area (Å²) in [4.78, 5) is 0. The van der Waals surface area contributed by atoms with Gasteiger partial charge in [0, 0.05) is 38.8 Å². The zero-order valence-corrected chi connectivity index (χ0v) is 23.0. The van der Waals surface area contributed by atoms with Crippen LogP contribution in [-0.4, -0.2) is 9.72 Å². The van der Waals surface area contributed by atoms with Crippen molar-refractivity contribution < 1.29 is 4.52 Å². The third kappa shape index (κ3) is 4.16. The lowest BCUT2D eigenvalue weighted by Gasteiger charge is -2.37. The average Bonchev–Trinajstić information content (AvgIpc) is 3.18. The van der Waals surface area contributed by atoms with Crippen molar-refractivity contribution in [2.75, 3.05) is 0 Å². The number of para-hydroxylation sites is 2. The third-order valence-electron chi connectivity index (χ3n) is 6.91. The molecule has 0 N–H and O–H groups in total. The number of benzene rings is 4. The minimum atomic E-state index is -2.58. The van der Waals surface area contributed by atoms with E-state index in [9.17, 15) is 0 Å². The fourth-order valence-electron chi connectivity index (χ4n) is 5.08. The molecule has 1 atom stereocenters. The van der Waals surface area contributed by atoms with Gasteiger partial charge in [0.05, 0.1) is 5.69 Å². The van der Waals surface area contributed by atoms with Gasteiger partial charge in [0.25, 0.3) is 0 Å². The molecule has 0 aliphatic rings. The average molecular weight is 495 g/mol. The number of hydrogen-bond acceptors (Lipinski definition) is 2. The molecule has 1 aromatic heterocycles. The number of aromatic nitrogens is 1. The molecule has 0 aliphatic carbocycles. The molecule has 1 unspecified atom stereocenters.